The molecule has 0 saturated carbocycles. The second kappa shape index (κ2) is 6.93. The Kier molecular flexibility index (Phi) is 4.99. The van der Waals surface area contributed by atoms with Crippen molar-refractivity contribution >= 4 is 11.9 Å². The highest BCUT2D eigenvalue weighted by atomic mass is 16.5. The largest absolute Gasteiger partial charge is 0.496 e. The average molecular weight is 282 g/mol. The van der Waals surface area contributed by atoms with Gasteiger partial charge in [0.05, 0.1) is 19.0 Å². The molecule has 0 radical (unpaired) electrons. The van der Waals surface area contributed by atoms with Gasteiger partial charge >= 0.3 is 0 Å². The molecule has 0 unspecified atom stereocenters. The van der Waals surface area contributed by atoms with Gasteiger partial charge in [0.15, 0.2) is 0 Å². The Morgan fingerprint density at radius 1 is 1.14 bits per heavy atom. The lowest BCUT2D eigenvalue weighted by Gasteiger charge is -2.14. The highest BCUT2D eigenvalue weighted by Gasteiger charge is 2.10. The number of hydrogen-bond donors (Lipinski definition) is 1. The Bertz CT molecular complexity index is 619. The van der Waals surface area contributed by atoms with Crippen molar-refractivity contribution in [1.29, 1.82) is 0 Å². The van der Waals surface area contributed by atoms with Crippen molar-refractivity contribution in [1.82, 2.24) is 0 Å². The number of nitrogens with zero attached hydrogens (tertiary/aromatic N) is 1. The van der Waals surface area contributed by atoms with Crippen LogP contribution in [0.3, 0.4) is 0 Å². The summed E-state index contributed by atoms with van der Waals surface area (Å²) in [5.74, 6) is 1.35. The Hall–Kier alpha value is -2.29. The molecule has 0 aromatic heterocycles. The fraction of sp³-hybridized carbons (Fsp3) is 0.278. The summed E-state index contributed by atoms with van der Waals surface area (Å²) in [6.07, 6.45) is 1.85. The third-order valence-corrected chi connectivity index (χ3v) is 3.41. The summed E-state index contributed by atoms with van der Waals surface area (Å²) in [5, 5.41) is 4.31. The molecule has 2 aromatic carbocycles. The first kappa shape index (κ1) is 15.1. The van der Waals surface area contributed by atoms with Crippen LogP contribution in [0.25, 0.3) is 0 Å². The number of aryl methyl sites for hydroxylation is 1. The van der Waals surface area contributed by atoms with Crippen LogP contribution in [-0.4, -0.2) is 13.3 Å². The number of hydrazone groups is 1. The predicted octanol–water partition coefficient (Wildman–Crippen LogP) is 4.57. The number of ether oxygens (including phenoxy) is 1. The molecule has 0 bridgehead atoms. The van der Waals surface area contributed by atoms with E-state index in [9.17, 15) is 0 Å². The Labute approximate surface area is 126 Å². The molecule has 1 N–H and O–H groups in total. The quantitative estimate of drug-likeness (QED) is 0.643. The standard InChI is InChI=1S/C18H22N2O/c1-13(2)17-11-15(14(3)10-18(17)21-4)12-19-20-16-8-6-5-7-9-16/h5-13,20H,1-4H3/b19-12+. The number of hydrogen-bond acceptors (Lipinski definition) is 3. The van der Waals surface area contributed by atoms with Gasteiger partial charge in [-0.2, -0.15) is 5.10 Å². The summed E-state index contributed by atoms with van der Waals surface area (Å²) < 4.78 is 5.46. The monoisotopic (exact) mass is 282 g/mol. The lowest BCUT2D eigenvalue weighted by molar-refractivity contribution is 0.407. The van der Waals surface area contributed by atoms with E-state index in [1.807, 2.05) is 36.5 Å². The molecule has 2 aromatic rings. The van der Waals surface area contributed by atoms with Crippen LogP contribution in [0.15, 0.2) is 47.6 Å². The third kappa shape index (κ3) is 3.85. The van der Waals surface area contributed by atoms with E-state index in [-0.39, 0.29) is 0 Å². The van der Waals surface area contributed by atoms with Crippen LogP contribution >= 0.6 is 0 Å². The zero-order valence-electron chi connectivity index (χ0n) is 13.1. The maximum Gasteiger partial charge on any atom is 0.122 e. The lowest BCUT2D eigenvalue weighted by Crippen LogP contribution is -1.99. The van der Waals surface area contributed by atoms with Crippen molar-refractivity contribution in [3.63, 3.8) is 0 Å². The molecule has 0 fully saturated rings. The van der Waals surface area contributed by atoms with Crippen LogP contribution in [0, 0.1) is 6.92 Å². The third-order valence-electron chi connectivity index (χ3n) is 3.41. The molecular weight excluding hydrogens is 260 g/mol. The Morgan fingerprint density at radius 2 is 1.86 bits per heavy atom. The number of nitrogens with one attached hydrogen (secondary N) is 1. The van der Waals surface area contributed by atoms with E-state index >= 15 is 0 Å². The van der Waals surface area contributed by atoms with Crippen LogP contribution in [0.2, 0.25) is 0 Å². The van der Waals surface area contributed by atoms with Gasteiger partial charge in [-0.05, 0) is 53.8 Å². The van der Waals surface area contributed by atoms with Gasteiger partial charge in [0.2, 0.25) is 0 Å². The summed E-state index contributed by atoms with van der Waals surface area (Å²) in [7, 11) is 1.71. The molecule has 3 nitrogen and oxygen atoms in total. The molecule has 0 heterocycles. The number of benzene rings is 2. The van der Waals surface area contributed by atoms with E-state index in [2.05, 4.69) is 43.4 Å². The van der Waals surface area contributed by atoms with Gasteiger partial charge in [0, 0.05) is 0 Å². The van der Waals surface area contributed by atoms with E-state index in [4.69, 9.17) is 4.74 Å². The first-order chi connectivity index (χ1) is 10.1. The lowest BCUT2D eigenvalue weighted by atomic mass is 9.97. The molecule has 2 rings (SSSR count). The van der Waals surface area contributed by atoms with Gasteiger partial charge in [-0.1, -0.05) is 32.0 Å². The van der Waals surface area contributed by atoms with E-state index < -0.39 is 0 Å². The molecule has 0 aliphatic rings. The maximum atomic E-state index is 5.46. The molecule has 0 aliphatic carbocycles. The van der Waals surface area contributed by atoms with Gasteiger partial charge in [-0.15, -0.1) is 0 Å². The molecule has 0 saturated heterocycles. The van der Waals surface area contributed by atoms with Crippen LogP contribution < -0.4 is 10.2 Å². The first-order valence-electron chi connectivity index (χ1n) is 7.14. The number of rotatable bonds is 5. The summed E-state index contributed by atoms with van der Waals surface area (Å²) in [6.45, 7) is 6.39. The van der Waals surface area contributed by atoms with E-state index in [0.29, 0.717) is 5.92 Å². The molecule has 0 atom stereocenters. The smallest absolute Gasteiger partial charge is 0.122 e. The molecule has 3 heteroatoms. The number of para-hydroxylation sites is 1. The second-order valence-electron chi connectivity index (χ2n) is 5.34. The van der Waals surface area contributed by atoms with Crippen molar-refractivity contribution in [2.75, 3.05) is 12.5 Å². The Balaban J connectivity index is 2.21. The SMILES string of the molecule is COc1cc(C)c(/C=N/Nc2ccccc2)cc1C(C)C. The van der Waals surface area contributed by atoms with Gasteiger partial charge in [0.1, 0.15) is 5.75 Å². The molecule has 0 spiro atoms. The summed E-state index contributed by atoms with van der Waals surface area (Å²) in [6, 6.07) is 14.1. The first-order valence-corrected chi connectivity index (χ1v) is 7.14. The highest BCUT2D eigenvalue weighted by molar-refractivity contribution is 5.83. The number of anilines is 1. The average Bonchev–Trinajstić information content (AvgIpc) is 2.49. The minimum Gasteiger partial charge on any atom is -0.496 e. The summed E-state index contributed by atoms with van der Waals surface area (Å²) >= 11 is 0. The Morgan fingerprint density at radius 3 is 2.48 bits per heavy atom. The van der Waals surface area contributed by atoms with Crippen LogP contribution in [0.4, 0.5) is 5.69 Å². The van der Waals surface area contributed by atoms with Crippen LogP contribution in [0.5, 0.6) is 5.75 Å². The van der Waals surface area contributed by atoms with Gasteiger partial charge in [0.25, 0.3) is 0 Å². The molecule has 0 amide bonds. The van der Waals surface area contributed by atoms with E-state index in [0.717, 1.165) is 22.6 Å². The molecule has 0 aliphatic heterocycles. The summed E-state index contributed by atoms with van der Waals surface area (Å²) in [4.78, 5) is 0. The minimum atomic E-state index is 0.412. The van der Waals surface area contributed by atoms with Crippen molar-refractivity contribution < 1.29 is 4.74 Å². The van der Waals surface area contributed by atoms with Crippen molar-refractivity contribution in [2.24, 2.45) is 5.10 Å². The van der Waals surface area contributed by atoms with Gasteiger partial charge in [-0.3, -0.25) is 5.43 Å². The maximum absolute atomic E-state index is 5.46. The van der Waals surface area contributed by atoms with Crippen LogP contribution in [0.1, 0.15) is 36.5 Å². The van der Waals surface area contributed by atoms with Gasteiger partial charge in [-0.25, -0.2) is 0 Å². The topological polar surface area (TPSA) is 33.6 Å². The minimum absolute atomic E-state index is 0.412. The zero-order chi connectivity index (χ0) is 15.2. The predicted molar refractivity (Wildman–Crippen MR) is 89.5 cm³/mol. The van der Waals surface area contributed by atoms with Crippen molar-refractivity contribution in [2.45, 2.75) is 26.7 Å². The molecule has 110 valence electrons. The fourth-order valence-corrected chi connectivity index (χ4v) is 2.17. The van der Waals surface area contributed by atoms with Crippen LogP contribution in [-0.2, 0) is 0 Å². The van der Waals surface area contributed by atoms with Crippen molar-refractivity contribution in [3.05, 3.63) is 59.2 Å². The van der Waals surface area contributed by atoms with E-state index in [1.54, 1.807) is 7.11 Å². The molecule has 21 heavy (non-hydrogen) atoms. The van der Waals surface area contributed by atoms with Crippen molar-refractivity contribution in [3.8, 4) is 5.75 Å². The number of methoxy groups -OCH3 is 1. The normalized spacial score (nSPS) is 11.1. The second-order valence-corrected chi connectivity index (χ2v) is 5.34. The fourth-order valence-electron chi connectivity index (χ4n) is 2.17. The summed E-state index contributed by atoms with van der Waals surface area (Å²) in [5.41, 5.74) is 7.46. The molecular formula is C18H22N2O. The van der Waals surface area contributed by atoms with Gasteiger partial charge < -0.3 is 4.74 Å². The van der Waals surface area contributed by atoms with E-state index in [1.165, 1.54) is 5.56 Å². The zero-order valence-corrected chi connectivity index (χ0v) is 13.1. The highest BCUT2D eigenvalue weighted by Crippen LogP contribution is 2.29.